The summed E-state index contributed by atoms with van der Waals surface area (Å²) < 4.78 is 83.0. The fraction of sp³-hybridized carbons (Fsp3) is 0.387. The first kappa shape index (κ1) is 69.0. The van der Waals surface area contributed by atoms with Gasteiger partial charge in [-0.1, -0.05) is 186 Å². The van der Waals surface area contributed by atoms with Gasteiger partial charge >= 0.3 is 24.0 Å². The molecule has 0 atom stereocenters. The quantitative estimate of drug-likeness (QED) is 0.0219. The Hall–Kier alpha value is -5.82. The van der Waals surface area contributed by atoms with Crippen molar-refractivity contribution in [2.45, 2.75) is 141 Å². The first-order chi connectivity index (χ1) is 40.2. The molecule has 4 aromatic heterocycles. The van der Waals surface area contributed by atoms with E-state index in [9.17, 15) is 27.2 Å². The van der Waals surface area contributed by atoms with E-state index < -0.39 is 17.9 Å². The normalized spacial score (nSPS) is 11.2. The summed E-state index contributed by atoms with van der Waals surface area (Å²) in [6.45, 7) is 20.6. The molecule has 0 saturated heterocycles. The van der Waals surface area contributed by atoms with Gasteiger partial charge in [-0.2, -0.15) is 13.2 Å². The van der Waals surface area contributed by atoms with Crippen LogP contribution < -0.4 is 0 Å². The van der Waals surface area contributed by atoms with Crippen molar-refractivity contribution >= 4 is 150 Å². The average Bonchev–Trinajstić information content (AvgIpc) is 4.48. The molecule has 84 heavy (non-hydrogen) atoms. The summed E-state index contributed by atoms with van der Waals surface area (Å²) in [4.78, 5) is 39.2. The van der Waals surface area contributed by atoms with E-state index >= 15 is 0 Å². The fourth-order valence-electron chi connectivity index (χ4n) is 8.46. The first-order valence-electron chi connectivity index (χ1n) is 27.4. The maximum Gasteiger partial charge on any atom is 0.468 e. The number of halogens is 9. The Morgan fingerprint density at radius 3 is 1.69 bits per heavy atom. The molecule has 8 aromatic rings. The van der Waals surface area contributed by atoms with Crippen molar-refractivity contribution in [2.75, 3.05) is 19.5 Å². The minimum Gasteiger partial charge on any atom is -0.469 e. The summed E-state index contributed by atoms with van der Waals surface area (Å²) in [7, 11) is 1.35. The van der Waals surface area contributed by atoms with Gasteiger partial charge in [-0.3, -0.25) is 9.59 Å². The first-order valence-corrected chi connectivity index (χ1v) is 30.3. The highest BCUT2D eigenvalue weighted by atomic mass is 35.5. The summed E-state index contributed by atoms with van der Waals surface area (Å²) >= 11 is 31.9. The summed E-state index contributed by atoms with van der Waals surface area (Å²) in [6, 6.07) is 8.53. The molecule has 0 N–H and O–H groups in total. The molecule has 4 heterocycles. The number of unbranched alkanes of at least 4 members (excludes halogenated alkanes) is 11. The molecule has 0 spiro atoms. The topological polar surface area (TPSA) is 157 Å². The van der Waals surface area contributed by atoms with E-state index in [2.05, 4.69) is 57.9 Å². The highest BCUT2D eigenvalue weighted by Crippen LogP contribution is 2.40. The molecule has 0 unspecified atom stereocenters. The number of alkyl halides is 3. The van der Waals surface area contributed by atoms with E-state index in [1.807, 2.05) is 12.1 Å². The van der Waals surface area contributed by atoms with E-state index in [1.54, 1.807) is 38.1 Å². The Bertz CT molecular complexity index is 3540. The lowest BCUT2D eigenvalue weighted by Crippen LogP contribution is -2.04. The number of hydrogen-bond donors (Lipinski definition) is 0. The highest BCUT2D eigenvalue weighted by molar-refractivity contribution is 7.99. The molecule has 0 aliphatic carbocycles. The molecule has 0 saturated carbocycles. The van der Waals surface area contributed by atoms with Gasteiger partial charge in [0.25, 0.3) is 0 Å². The number of methoxy groups -OCH3 is 1. The number of oxazole rings is 4. The van der Waals surface area contributed by atoms with Gasteiger partial charge in [-0.05, 0) is 56.0 Å². The van der Waals surface area contributed by atoms with Crippen LogP contribution in [0.15, 0.2) is 79.2 Å². The molecule has 0 bridgehead atoms. The third-order valence-corrected chi connectivity index (χ3v) is 15.6. The number of fused-ring (bicyclic) bond motifs is 4. The van der Waals surface area contributed by atoms with E-state index in [0.717, 1.165) is 35.3 Å². The van der Waals surface area contributed by atoms with Crippen molar-refractivity contribution in [3.05, 3.63) is 133 Å². The molecule has 4 aromatic carbocycles. The summed E-state index contributed by atoms with van der Waals surface area (Å²) in [5.41, 5.74) is 5.29. The Labute approximate surface area is 515 Å². The van der Waals surface area contributed by atoms with Gasteiger partial charge in [0.2, 0.25) is 0 Å². The minimum atomic E-state index is -4.70. The smallest absolute Gasteiger partial charge is 0.468 e. The Balaban J connectivity index is 0.000000210. The van der Waals surface area contributed by atoms with Gasteiger partial charge < -0.3 is 27.1 Å². The van der Waals surface area contributed by atoms with E-state index in [-0.39, 0.29) is 50.7 Å². The molecular formula is C62H67Cl5F4N4O8S. The number of rotatable bonds is 26. The minimum absolute atomic E-state index is 0.00319. The van der Waals surface area contributed by atoms with Gasteiger partial charge in [0.15, 0.2) is 45.8 Å². The van der Waals surface area contributed by atoms with Crippen LogP contribution in [0.1, 0.15) is 156 Å². The standard InChI is InChI=1S/C22H31Cl2NO.C15H13ClF3NO3S.C15H15ClFNO3.C10H8ClNO/c1-3-5-6-7-8-9-10-11-12-13-14-15-20-25-19-16-18(23)17(4-2)21(24)22(19)26-20;1-3-8-10(24-6-5-11(21)22-4-2)7-9-13(12(8)16)23-14(20-9)15(17,18)19;1-3-9-10(16)8-11-15(14(9)17)21-12(18-11)6-4-5-7-13(19)20-2;1-3-7-4-5-8-10(9(7)11)13-6(2)12-8/h4,16H,2-3,5-15H2,1H3;3,7H,1,4-6H2,2H3;3,8H,1,4-7H2,2H3;3-5H,1H2,2H3. The largest absolute Gasteiger partial charge is 0.469 e. The van der Waals surface area contributed by atoms with Gasteiger partial charge in [-0.15, -0.1) is 11.8 Å². The maximum atomic E-state index is 14.1. The number of carbonyl (C=O) groups is 2. The number of benzene rings is 4. The van der Waals surface area contributed by atoms with Crippen molar-refractivity contribution in [1.82, 2.24) is 19.9 Å². The van der Waals surface area contributed by atoms with Crippen molar-refractivity contribution in [3.63, 3.8) is 0 Å². The average molecular weight is 1280 g/mol. The number of aryl methyl sites for hydroxylation is 3. The van der Waals surface area contributed by atoms with Crippen LogP contribution in [0.3, 0.4) is 0 Å². The third-order valence-electron chi connectivity index (χ3n) is 12.8. The van der Waals surface area contributed by atoms with Crippen LogP contribution in [-0.4, -0.2) is 51.3 Å². The number of ether oxygens (including phenoxy) is 2. The van der Waals surface area contributed by atoms with Gasteiger partial charge in [-0.25, -0.2) is 24.3 Å². The second kappa shape index (κ2) is 34.4. The second-order valence-corrected chi connectivity index (χ2v) is 22.0. The number of aromatic nitrogens is 4. The number of nitrogens with zero attached hydrogens (tertiary/aromatic N) is 4. The van der Waals surface area contributed by atoms with Gasteiger partial charge in [0, 0.05) is 53.5 Å². The van der Waals surface area contributed by atoms with Crippen molar-refractivity contribution in [1.29, 1.82) is 0 Å². The van der Waals surface area contributed by atoms with Crippen molar-refractivity contribution in [2.24, 2.45) is 0 Å². The Kier molecular flexibility index (Phi) is 28.2. The summed E-state index contributed by atoms with van der Waals surface area (Å²) in [6.07, 6.45) is 19.3. The molecule has 452 valence electrons. The lowest BCUT2D eigenvalue weighted by Gasteiger charge is -2.08. The predicted molar refractivity (Wildman–Crippen MR) is 333 cm³/mol. The second-order valence-electron chi connectivity index (χ2n) is 18.9. The molecule has 0 amide bonds. The predicted octanol–water partition coefficient (Wildman–Crippen LogP) is 21.4. The number of esters is 2. The number of thioether (sulfide) groups is 1. The van der Waals surface area contributed by atoms with Crippen LogP contribution in [-0.2, 0) is 38.1 Å². The van der Waals surface area contributed by atoms with Gasteiger partial charge in [0.1, 0.15) is 22.1 Å². The monoisotopic (exact) mass is 1280 g/mol. The SMILES string of the molecule is C=Cc1c(Cl)cc2nc(CCCCC(=O)OC)oc2c1F.C=Cc1c(Cl)cc2nc(CCCCCCCCCCCCC)oc2c1Cl.C=Cc1c(SCCC(=O)OCC)cc2nc(C(F)(F)F)oc2c1Cl.C=Cc1ccc2nc(C)oc2c1Cl. The fourth-order valence-corrected chi connectivity index (χ4v) is 11.0. The van der Waals surface area contributed by atoms with Crippen LogP contribution in [0.4, 0.5) is 17.6 Å². The third kappa shape index (κ3) is 19.6. The van der Waals surface area contributed by atoms with Crippen molar-refractivity contribution in [3.8, 4) is 0 Å². The van der Waals surface area contributed by atoms with Gasteiger partial charge in [0.05, 0.1) is 45.3 Å². The van der Waals surface area contributed by atoms with Crippen LogP contribution in [0.2, 0.25) is 25.1 Å². The van der Waals surface area contributed by atoms with Crippen LogP contribution in [0, 0.1) is 12.7 Å². The number of hydrogen-bond acceptors (Lipinski definition) is 13. The lowest BCUT2D eigenvalue weighted by atomic mass is 10.1. The molecule has 0 fully saturated rings. The molecule has 8 rings (SSSR count). The molecule has 0 aliphatic rings. The molecule has 12 nitrogen and oxygen atoms in total. The highest BCUT2D eigenvalue weighted by Gasteiger charge is 2.38. The van der Waals surface area contributed by atoms with E-state index in [0.29, 0.717) is 97.6 Å². The Morgan fingerprint density at radius 1 is 0.595 bits per heavy atom. The molecule has 22 heteroatoms. The molecule has 0 radical (unpaired) electrons. The summed E-state index contributed by atoms with van der Waals surface area (Å²) in [5, 5.41) is 1.89. The summed E-state index contributed by atoms with van der Waals surface area (Å²) in [5.74, 6) is -0.340. The number of carbonyl (C=O) groups excluding carboxylic acids is 2. The zero-order valence-corrected chi connectivity index (χ0v) is 51.9. The Morgan fingerprint density at radius 2 is 1.12 bits per heavy atom. The zero-order chi connectivity index (χ0) is 61.5. The van der Waals surface area contributed by atoms with Crippen molar-refractivity contribution < 1.29 is 54.3 Å². The van der Waals surface area contributed by atoms with Crippen LogP contribution in [0.25, 0.3) is 68.7 Å². The van der Waals surface area contributed by atoms with E-state index in [4.69, 9.17) is 80.4 Å². The zero-order valence-electron chi connectivity index (χ0n) is 47.3. The lowest BCUT2D eigenvalue weighted by molar-refractivity contribution is -0.156. The maximum absolute atomic E-state index is 14.1. The van der Waals surface area contributed by atoms with Crippen LogP contribution in [0.5, 0.6) is 0 Å². The molecular weight excluding hydrogens is 1210 g/mol. The van der Waals surface area contributed by atoms with Crippen LogP contribution >= 0.6 is 69.8 Å². The van der Waals surface area contributed by atoms with E-state index in [1.165, 1.54) is 101 Å². The molecule has 0 aliphatic heterocycles.